The maximum Gasteiger partial charge on any atom is 0.0255 e. The molecule has 82 valence electrons. The maximum absolute atomic E-state index is 3.07. The van der Waals surface area contributed by atoms with Crippen LogP contribution in [0.1, 0.15) is 27.7 Å². The molecular formula is C10H27N3. The van der Waals surface area contributed by atoms with Crippen molar-refractivity contribution in [3.63, 3.8) is 0 Å². The third-order valence-corrected chi connectivity index (χ3v) is 2.05. The normalized spacial score (nSPS) is 10.6. The van der Waals surface area contributed by atoms with Crippen molar-refractivity contribution in [1.82, 2.24) is 15.3 Å². The Labute approximate surface area is 84.1 Å². The first-order valence-electron chi connectivity index (χ1n) is 5.16. The SMILES string of the molecule is CC.CNN(C)CCN(C)C(C)C. The van der Waals surface area contributed by atoms with Crippen molar-refractivity contribution in [1.29, 1.82) is 0 Å². The van der Waals surface area contributed by atoms with Gasteiger partial charge >= 0.3 is 0 Å². The predicted octanol–water partition coefficient (Wildman–Crippen LogP) is 1.42. The van der Waals surface area contributed by atoms with Gasteiger partial charge < -0.3 is 4.90 Å². The number of hydrogen-bond acceptors (Lipinski definition) is 3. The Bertz CT molecular complexity index is 94.2. The van der Waals surface area contributed by atoms with Crippen molar-refractivity contribution in [2.24, 2.45) is 0 Å². The molecule has 0 aliphatic rings. The predicted molar refractivity (Wildman–Crippen MR) is 60.8 cm³/mol. The Morgan fingerprint density at radius 3 is 1.85 bits per heavy atom. The fraction of sp³-hybridized carbons (Fsp3) is 1.00. The van der Waals surface area contributed by atoms with Gasteiger partial charge in [0.15, 0.2) is 0 Å². The molecule has 3 nitrogen and oxygen atoms in total. The minimum atomic E-state index is 0.639. The van der Waals surface area contributed by atoms with Gasteiger partial charge in [-0.05, 0) is 27.9 Å². The molecule has 0 aromatic carbocycles. The highest BCUT2D eigenvalue weighted by atomic mass is 15.5. The largest absolute Gasteiger partial charge is 0.303 e. The van der Waals surface area contributed by atoms with Crippen LogP contribution in [-0.4, -0.2) is 50.2 Å². The van der Waals surface area contributed by atoms with Crippen LogP contribution in [0.5, 0.6) is 0 Å². The van der Waals surface area contributed by atoms with Gasteiger partial charge in [-0.1, -0.05) is 13.8 Å². The van der Waals surface area contributed by atoms with E-state index in [2.05, 4.69) is 36.2 Å². The molecule has 0 saturated heterocycles. The quantitative estimate of drug-likeness (QED) is 0.660. The first-order valence-corrected chi connectivity index (χ1v) is 5.16. The van der Waals surface area contributed by atoms with Gasteiger partial charge in [-0.15, -0.1) is 0 Å². The van der Waals surface area contributed by atoms with Gasteiger partial charge in [-0.25, -0.2) is 5.01 Å². The van der Waals surface area contributed by atoms with Gasteiger partial charge in [-0.2, -0.15) is 0 Å². The molecule has 0 spiro atoms. The van der Waals surface area contributed by atoms with Crippen LogP contribution in [-0.2, 0) is 0 Å². The van der Waals surface area contributed by atoms with E-state index >= 15 is 0 Å². The number of rotatable bonds is 5. The van der Waals surface area contributed by atoms with E-state index in [1.807, 2.05) is 27.9 Å². The summed E-state index contributed by atoms with van der Waals surface area (Å²) in [4.78, 5) is 2.33. The fourth-order valence-corrected chi connectivity index (χ4v) is 0.678. The van der Waals surface area contributed by atoms with E-state index in [0.717, 1.165) is 13.1 Å². The topological polar surface area (TPSA) is 18.5 Å². The third-order valence-electron chi connectivity index (χ3n) is 2.05. The van der Waals surface area contributed by atoms with Crippen molar-refractivity contribution in [3.05, 3.63) is 0 Å². The monoisotopic (exact) mass is 189 g/mol. The standard InChI is InChI=1S/C8H21N3.C2H6/c1-8(2)10(4)6-7-11(5)9-3;1-2/h8-9H,6-7H2,1-5H3;1-2H3. The van der Waals surface area contributed by atoms with E-state index in [-0.39, 0.29) is 0 Å². The Balaban J connectivity index is 0. The zero-order chi connectivity index (χ0) is 10.9. The van der Waals surface area contributed by atoms with E-state index in [0.29, 0.717) is 6.04 Å². The molecule has 0 bridgehead atoms. The highest BCUT2D eigenvalue weighted by molar-refractivity contribution is 4.57. The summed E-state index contributed by atoms with van der Waals surface area (Å²) in [6, 6.07) is 0.639. The lowest BCUT2D eigenvalue weighted by molar-refractivity contribution is 0.194. The molecule has 1 N–H and O–H groups in total. The molecular weight excluding hydrogens is 162 g/mol. The molecule has 0 aliphatic carbocycles. The van der Waals surface area contributed by atoms with E-state index in [1.54, 1.807) is 0 Å². The Kier molecular flexibility index (Phi) is 11.8. The second kappa shape index (κ2) is 9.96. The van der Waals surface area contributed by atoms with Gasteiger partial charge in [0.05, 0.1) is 0 Å². The summed E-state index contributed by atoms with van der Waals surface area (Å²) in [6.07, 6.45) is 0. The van der Waals surface area contributed by atoms with Gasteiger partial charge in [0.2, 0.25) is 0 Å². The molecule has 0 heterocycles. The molecule has 13 heavy (non-hydrogen) atoms. The highest BCUT2D eigenvalue weighted by Crippen LogP contribution is 1.91. The smallest absolute Gasteiger partial charge is 0.0255 e. The molecule has 0 amide bonds. The number of nitrogens with zero attached hydrogens (tertiary/aromatic N) is 2. The van der Waals surface area contributed by atoms with E-state index < -0.39 is 0 Å². The lowest BCUT2D eigenvalue weighted by atomic mass is 10.3. The van der Waals surface area contributed by atoms with Crippen molar-refractivity contribution >= 4 is 0 Å². The summed E-state index contributed by atoms with van der Waals surface area (Å²) in [5, 5.41) is 2.08. The van der Waals surface area contributed by atoms with E-state index in [4.69, 9.17) is 0 Å². The molecule has 0 unspecified atom stereocenters. The second-order valence-corrected chi connectivity index (χ2v) is 3.22. The van der Waals surface area contributed by atoms with Crippen molar-refractivity contribution in [3.8, 4) is 0 Å². The summed E-state index contributed by atoms with van der Waals surface area (Å²) >= 11 is 0. The summed E-state index contributed by atoms with van der Waals surface area (Å²) < 4.78 is 0. The van der Waals surface area contributed by atoms with Crippen molar-refractivity contribution in [2.45, 2.75) is 33.7 Å². The Hall–Kier alpha value is -0.120. The third kappa shape index (κ3) is 9.80. The zero-order valence-electron chi connectivity index (χ0n) is 10.4. The molecule has 0 rings (SSSR count). The van der Waals surface area contributed by atoms with Gasteiger partial charge in [0, 0.05) is 26.2 Å². The van der Waals surface area contributed by atoms with Crippen LogP contribution < -0.4 is 5.43 Å². The summed E-state index contributed by atoms with van der Waals surface area (Å²) in [7, 11) is 6.14. The van der Waals surface area contributed by atoms with Gasteiger partial charge in [0.1, 0.15) is 0 Å². The van der Waals surface area contributed by atoms with Crippen LogP contribution in [0, 0.1) is 0 Å². The van der Waals surface area contributed by atoms with Crippen LogP contribution in [0.15, 0.2) is 0 Å². The van der Waals surface area contributed by atoms with Crippen LogP contribution in [0.2, 0.25) is 0 Å². The van der Waals surface area contributed by atoms with Gasteiger partial charge in [0.25, 0.3) is 0 Å². The highest BCUT2D eigenvalue weighted by Gasteiger charge is 2.02. The molecule has 0 saturated carbocycles. The molecule has 0 atom stereocenters. The number of likely N-dealkylation sites (N-methyl/N-ethyl adjacent to an activating group) is 2. The van der Waals surface area contributed by atoms with E-state index in [1.165, 1.54) is 0 Å². The zero-order valence-corrected chi connectivity index (χ0v) is 10.4. The average molecular weight is 189 g/mol. The summed E-state index contributed by atoms with van der Waals surface area (Å²) in [5.74, 6) is 0. The lowest BCUT2D eigenvalue weighted by Crippen LogP contribution is -2.39. The lowest BCUT2D eigenvalue weighted by Gasteiger charge is -2.24. The molecule has 0 aromatic heterocycles. The van der Waals surface area contributed by atoms with Crippen LogP contribution in [0.25, 0.3) is 0 Å². The van der Waals surface area contributed by atoms with Crippen molar-refractivity contribution in [2.75, 3.05) is 34.2 Å². The molecule has 0 aliphatic heterocycles. The Morgan fingerprint density at radius 1 is 1.08 bits per heavy atom. The number of hydrazine groups is 1. The number of hydrogen-bond donors (Lipinski definition) is 1. The van der Waals surface area contributed by atoms with Crippen LogP contribution >= 0.6 is 0 Å². The minimum Gasteiger partial charge on any atom is -0.303 e. The second-order valence-electron chi connectivity index (χ2n) is 3.22. The first kappa shape index (κ1) is 15.4. The maximum atomic E-state index is 3.07. The fourth-order valence-electron chi connectivity index (χ4n) is 0.678. The molecule has 0 fully saturated rings. The van der Waals surface area contributed by atoms with Crippen molar-refractivity contribution < 1.29 is 0 Å². The minimum absolute atomic E-state index is 0.639. The molecule has 0 radical (unpaired) electrons. The Morgan fingerprint density at radius 2 is 1.54 bits per heavy atom. The van der Waals surface area contributed by atoms with Gasteiger partial charge in [-0.3, -0.25) is 5.43 Å². The summed E-state index contributed by atoms with van der Waals surface area (Å²) in [5.41, 5.74) is 3.07. The molecule has 0 aromatic rings. The van der Waals surface area contributed by atoms with Crippen LogP contribution in [0.4, 0.5) is 0 Å². The molecule has 3 heteroatoms. The summed E-state index contributed by atoms with van der Waals surface area (Å²) in [6.45, 7) is 10.6. The van der Waals surface area contributed by atoms with Crippen LogP contribution in [0.3, 0.4) is 0 Å². The average Bonchev–Trinajstić information content (AvgIpc) is 2.16. The number of nitrogens with one attached hydrogen (secondary N) is 1. The van der Waals surface area contributed by atoms with E-state index in [9.17, 15) is 0 Å². The first-order chi connectivity index (χ1) is 6.07.